The highest BCUT2D eigenvalue weighted by molar-refractivity contribution is 9.10. The molecule has 78 valence electrons. The van der Waals surface area contributed by atoms with Crippen molar-refractivity contribution in [2.75, 3.05) is 6.54 Å². The second kappa shape index (κ2) is 4.32. The molecule has 0 aliphatic rings. The third kappa shape index (κ3) is 2.49. The van der Waals surface area contributed by atoms with Gasteiger partial charge in [0.1, 0.15) is 5.75 Å². The summed E-state index contributed by atoms with van der Waals surface area (Å²) < 4.78 is 0.891. The van der Waals surface area contributed by atoms with Gasteiger partial charge in [0.15, 0.2) is 0 Å². The van der Waals surface area contributed by atoms with Gasteiger partial charge in [0.2, 0.25) is 0 Å². The van der Waals surface area contributed by atoms with Crippen LogP contribution in [0.5, 0.6) is 5.75 Å². The molecule has 1 aromatic carbocycles. The molecule has 0 aliphatic carbocycles. The lowest BCUT2D eigenvalue weighted by molar-refractivity contribution is 0.423. The zero-order valence-corrected chi connectivity index (χ0v) is 10.1. The van der Waals surface area contributed by atoms with Gasteiger partial charge in [0.25, 0.3) is 0 Å². The van der Waals surface area contributed by atoms with Crippen molar-refractivity contribution in [1.82, 2.24) is 0 Å². The number of rotatable bonds is 3. The van der Waals surface area contributed by atoms with Crippen molar-refractivity contribution in [3.63, 3.8) is 0 Å². The molecule has 1 rings (SSSR count). The van der Waals surface area contributed by atoms with Crippen LogP contribution in [0.3, 0.4) is 0 Å². The van der Waals surface area contributed by atoms with Gasteiger partial charge in [0.05, 0.1) is 0 Å². The number of nitrogens with two attached hydrogens (primary N) is 1. The normalized spacial score (nSPS) is 11.7. The molecular weight excluding hydrogens is 242 g/mol. The average molecular weight is 258 g/mol. The first kappa shape index (κ1) is 11.5. The first-order valence-corrected chi connectivity index (χ1v) is 5.46. The van der Waals surface area contributed by atoms with Crippen molar-refractivity contribution in [2.24, 2.45) is 5.73 Å². The molecule has 0 saturated carbocycles. The Morgan fingerprint density at radius 2 is 2.07 bits per heavy atom. The summed E-state index contributed by atoms with van der Waals surface area (Å²) in [4.78, 5) is 0. The lowest BCUT2D eigenvalue weighted by atomic mass is 9.81. The molecule has 0 amide bonds. The SMILES string of the molecule is CC(C)(CCN)c1ccc(Br)cc1O. The molecule has 1 aromatic rings. The summed E-state index contributed by atoms with van der Waals surface area (Å²) in [5.41, 5.74) is 6.42. The summed E-state index contributed by atoms with van der Waals surface area (Å²) in [6.45, 7) is 4.80. The van der Waals surface area contributed by atoms with Crippen molar-refractivity contribution in [2.45, 2.75) is 25.7 Å². The van der Waals surface area contributed by atoms with Gasteiger partial charge in [0, 0.05) is 4.47 Å². The maximum absolute atomic E-state index is 9.78. The fraction of sp³-hybridized carbons (Fsp3) is 0.455. The Hall–Kier alpha value is -0.540. The molecule has 0 saturated heterocycles. The van der Waals surface area contributed by atoms with Crippen molar-refractivity contribution < 1.29 is 5.11 Å². The monoisotopic (exact) mass is 257 g/mol. The van der Waals surface area contributed by atoms with Crippen LogP contribution in [-0.4, -0.2) is 11.7 Å². The molecule has 3 heteroatoms. The molecule has 0 fully saturated rings. The number of phenolic OH excluding ortho intramolecular Hbond substituents is 1. The van der Waals surface area contributed by atoms with Crippen molar-refractivity contribution in [3.8, 4) is 5.75 Å². The van der Waals surface area contributed by atoms with Gasteiger partial charge in [-0.15, -0.1) is 0 Å². The van der Waals surface area contributed by atoms with E-state index in [4.69, 9.17) is 5.73 Å². The standard InChI is InChI=1S/C11H16BrNO/c1-11(2,5-6-13)9-4-3-8(12)7-10(9)14/h3-4,7,14H,5-6,13H2,1-2H3. The van der Waals surface area contributed by atoms with E-state index in [1.165, 1.54) is 0 Å². The lowest BCUT2D eigenvalue weighted by Crippen LogP contribution is -2.21. The highest BCUT2D eigenvalue weighted by atomic mass is 79.9. The Morgan fingerprint density at radius 1 is 1.43 bits per heavy atom. The molecule has 0 aliphatic heterocycles. The number of hydrogen-bond donors (Lipinski definition) is 2. The van der Waals surface area contributed by atoms with E-state index in [9.17, 15) is 5.11 Å². The fourth-order valence-corrected chi connectivity index (χ4v) is 1.92. The quantitative estimate of drug-likeness (QED) is 0.875. The second-order valence-electron chi connectivity index (χ2n) is 4.08. The Kier molecular flexibility index (Phi) is 3.56. The minimum absolute atomic E-state index is 0.0699. The van der Waals surface area contributed by atoms with Gasteiger partial charge >= 0.3 is 0 Å². The summed E-state index contributed by atoms with van der Waals surface area (Å²) in [6.07, 6.45) is 0.863. The van der Waals surface area contributed by atoms with Crippen LogP contribution < -0.4 is 5.73 Å². The van der Waals surface area contributed by atoms with Gasteiger partial charge in [-0.05, 0) is 36.1 Å². The Morgan fingerprint density at radius 3 is 2.57 bits per heavy atom. The van der Waals surface area contributed by atoms with E-state index in [0.717, 1.165) is 16.5 Å². The number of halogens is 1. The van der Waals surface area contributed by atoms with Crippen molar-refractivity contribution >= 4 is 15.9 Å². The van der Waals surface area contributed by atoms with E-state index in [-0.39, 0.29) is 5.41 Å². The van der Waals surface area contributed by atoms with Crippen LogP contribution in [0.25, 0.3) is 0 Å². The molecule has 0 bridgehead atoms. The summed E-state index contributed by atoms with van der Waals surface area (Å²) in [6, 6.07) is 5.59. The summed E-state index contributed by atoms with van der Waals surface area (Å²) in [7, 11) is 0. The van der Waals surface area contributed by atoms with Gasteiger partial charge in [-0.1, -0.05) is 35.8 Å². The summed E-state index contributed by atoms with van der Waals surface area (Å²) >= 11 is 3.32. The molecule has 14 heavy (non-hydrogen) atoms. The van der Waals surface area contributed by atoms with Gasteiger partial charge in [-0.3, -0.25) is 0 Å². The Balaban J connectivity index is 3.06. The lowest BCUT2D eigenvalue weighted by Gasteiger charge is -2.25. The molecule has 3 N–H and O–H groups in total. The molecule has 0 unspecified atom stereocenters. The summed E-state index contributed by atoms with van der Waals surface area (Å²) in [5, 5.41) is 9.78. The van der Waals surface area contributed by atoms with E-state index >= 15 is 0 Å². The number of hydrogen-bond acceptors (Lipinski definition) is 2. The van der Waals surface area contributed by atoms with Crippen LogP contribution in [-0.2, 0) is 5.41 Å². The molecule has 0 spiro atoms. The minimum atomic E-state index is -0.0699. The molecule has 0 atom stereocenters. The van der Waals surface area contributed by atoms with Crippen LogP contribution in [0, 0.1) is 0 Å². The van der Waals surface area contributed by atoms with Crippen LogP contribution in [0.4, 0.5) is 0 Å². The van der Waals surface area contributed by atoms with Crippen molar-refractivity contribution in [3.05, 3.63) is 28.2 Å². The highest BCUT2D eigenvalue weighted by Crippen LogP contribution is 2.34. The third-order valence-electron chi connectivity index (χ3n) is 2.46. The Labute approximate surface area is 93.3 Å². The van der Waals surface area contributed by atoms with E-state index in [2.05, 4.69) is 29.8 Å². The van der Waals surface area contributed by atoms with Crippen molar-refractivity contribution in [1.29, 1.82) is 0 Å². The zero-order chi connectivity index (χ0) is 10.8. The fourth-order valence-electron chi connectivity index (χ4n) is 1.57. The van der Waals surface area contributed by atoms with Gasteiger partial charge < -0.3 is 10.8 Å². The maximum Gasteiger partial charge on any atom is 0.120 e. The average Bonchev–Trinajstić information content (AvgIpc) is 2.02. The maximum atomic E-state index is 9.78. The topological polar surface area (TPSA) is 46.2 Å². The van der Waals surface area contributed by atoms with Gasteiger partial charge in [-0.2, -0.15) is 0 Å². The smallest absolute Gasteiger partial charge is 0.120 e. The van der Waals surface area contributed by atoms with E-state index in [1.807, 2.05) is 12.1 Å². The number of phenols is 1. The predicted octanol–water partition coefficient (Wildman–Crippen LogP) is 2.78. The predicted molar refractivity (Wildman–Crippen MR) is 62.5 cm³/mol. The molecule has 0 radical (unpaired) electrons. The second-order valence-corrected chi connectivity index (χ2v) is 5.00. The minimum Gasteiger partial charge on any atom is -0.508 e. The van der Waals surface area contributed by atoms with E-state index in [0.29, 0.717) is 12.3 Å². The first-order valence-electron chi connectivity index (χ1n) is 4.66. The largest absolute Gasteiger partial charge is 0.508 e. The highest BCUT2D eigenvalue weighted by Gasteiger charge is 2.22. The summed E-state index contributed by atoms with van der Waals surface area (Å²) in [5.74, 6) is 0.331. The number of aromatic hydroxyl groups is 1. The Bertz CT molecular complexity index is 323. The third-order valence-corrected chi connectivity index (χ3v) is 2.95. The van der Waals surface area contributed by atoms with Crippen LogP contribution in [0.2, 0.25) is 0 Å². The van der Waals surface area contributed by atoms with E-state index < -0.39 is 0 Å². The molecule has 0 heterocycles. The van der Waals surface area contributed by atoms with Gasteiger partial charge in [-0.25, -0.2) is 0 Å². The first-order chi connectivity index (χ1) is 6.47. The van der Waals surface area contributed by atoms with Crippen LogP contribution in [0.1, 0.15) is 25.8 Å². The van der Waals surface area contributed by atoms with Crippen LogP contribution in [0.15, 0.2) is 22.7 Å². The molecule has 2 nitrogen and oxygen atoms in total. The van der Waals surface area contributed by atoms with E-state index in [1.54, 1.807) is 6.07 Å². The number of benzene rings is 1. The molecular formula is C11H16BrNO. The zero-order valence-electron chi connectivity index (χ0n) is 8.55. The molecule has 0 aromatic heterocycles. The van der Waals surface area contributed by atoms with Crippen LogP contribution >= 0.6 is 15.9 Å².